The molecular formula is C14H14N2O3. The summed E-state index contributed by atoms with van der Waals surface area (Å²) in [6.45, 7) is 1.91. The molecule has 1 aromatic heterocycles. The SMILES string of the molecule is COc1ccc(C)cc1C(=O)c1nccnc1OC. The van der Waals surface area contributed by atoms with E-state index in [0.717, 1.165) is 5.56 Å². The molecule has 0 amide bonds. The second-order valence-corrected chi connectivity index (χ2v) is 3.95. The van der Waals surface area contributed by atoms with Crippen molar-refractivity contribution in [1.29, 1.82) is 0 Å². The highest BCUT2D eigenvalue weighted by Gasteiger charge is 2.20. The number of aryl methyl sites for hydroxylation is 1. The van der Waals surface area contributed by atoms with Gasteiger partial charge in [-0.05, 0) is 19.1 Å². The molecule has 0 fully saturated rings. The van der Waals surface area contributed by atoms with Gasteiger partial charge in [-0.2, -0.15) is 0 Å². The number of hydrogen-bond acceptors (Lipinski definition) is 5. The molecule has 0 radical (unpaired) electrons. The van der Waals surface area contributed by atoms with Crippen molar-refractivity contribution in [3.63, 3.8) is 0 Å². The average molecular weight is 258 g/mol. The summed E-state index contributed by atoms with van der Waals surface area (Å²) < 4.78 is 10.3. The van der Waals surface area contributed by atoms with Crippen LogP contribution < -0.4 is 9.47 Å². The van der Waals surface area contributed by atoms with E-state index in [1.54, 1.807) is 12.1 Å². The summed E-state index contributed by atoms with van der Waals surface area (Å²) in [4.78, 5) is 20.5. The first kappa shape index (κ1) is 13.0. The van der Waals surface area contributed by atoms with Crippen molar-refractivity contribution in [2.75, 3.05) is 14.2 Å². The van der Waals surface area contributed by atoms with E-state index in [1.165, 1.54) is 26.6 Å². The molecule has 0 aliphatic heterocycles. The van der Waals surface area contributed by atoms with Crippen molar-refractivity contribution in [2.45, 2.75) is 6.92 Å². The Labute approximate surface area is 111 Å². The molecule has 0 saturated heterocycles. The molecular weight excluding hydrogens is 244 g/mol. The van der Waals surface area contributed by atoms with Crippen LogP contribution in [0.4, 0.5) is 0 Å². The van der Waals surface area contributed by atoms with Gasteiger partial charge in [0, 0.05) is 12.4 Å². The second-order valence-electron chi connectivity index (χ2n) is 3.95. The Bertz CT molecular complexity index is 611. The lowest BCUT2D eigenvalue weighted by molar-refractivity contribution is 0.102. The standard InChI is InChI=1S/C14H14N2O3/c1-9-4-5-11(18-2)10(8-9)13(17)12-14(19-3)16-7-6-15-12/h4-8H,1-3H3. The van der Waals surface area contributed by atoms with Gasteiger partial charge in [0.05, 0.1) is 19.8 Å². The Kier molecular flexibility index (Phi) is 3.75. The predicted molar refractivity (Wildman–Crippen MR) is 69.7 cm³/mol. The number of rotatable bonds is 4. The van der Waals surface area contributed by atoms with Crippen LogP contribution in [0.1, 0.15) is 21.6 Å². The first-order chi connectivity index (χ1) is 9.17. The van der Waals surface area contributed by atoms with Crippen LogP contribution >= 0.6 is 0 Å². The van der Waals surface area contributed by atoms with Crippen molar-refractivity contribution >= 4 is 5.78 Å². The number of methoxy groups -OCH3 is 2. The molecule has 0 unspecified atom stereocenters. The lowest BCUT2D eigenvalue weighted by Gasteiger charge is -2.09. The number of ketones is 1. The lowest BCUT2D eigenvalue weighted by atomic mass is 10.0. The Morgan fingerprint density at radius 1 is 1.11 bits per heavy atom. The van der Waals surface area contributed by atoms with Crippen LogP contribution in [0.25, 0.3) is 0 Å². The fraction of sp³-hybridized carbons (Fsp3) is 0.214. The number of hydrogen-bond donors (Lipinski definition) is 0. The van der Waals surface area contributed by atoms with Gasteiger partial charge < -0.3 is 9.47 Å². The molecule has 0 atom stereocenters. The van der Waals surface area contributed by atoms with Crippen LogP contribution in [0.15, 0.2) is 30.6 Å². The predicted octanol–water partition coefficient (Wildman–Crippen LogP) is 2.03. The molecule has 1 heterocycles. The van der Waals surface area contributed by atoms with Crippen molar-refractivity contribution < 1.29 is 14.3 Å². The molecule has 2 aromatic rings. The van der Waals surface area contributed by atoms with Gasteiger partial charge in [0.1, 0.15) is 5.75 Å². The van der Waals surface area contributed by atoms with Gasteiger partial charge in [0.2, 0.25) is 11.7 Å². The van der Waals surface area contributed by atoms with Gasteiger partial charge in [-0.1, -0.05) is 11.6 Å². The van der Waals surface area contributed by atoms with E-state index in [4.69, 9.17) is 9.47 Å². The summed E-state index contributed by atoms with van der Waals surface area (Å²) in [6, 6.07) is 5.39. The minimum Gasteiger partial charge on any atom is -0.496 e. The molecule has 0 saturated carbocycles. The van der Waals surface area contributed by atoms with Crippen LogP contribution in [0, 0.1) is 6.92 Å². The third-order valence-electron chi connectivity index (χ3n) is 2.67. The van der Waals surface area contributed by atoms with Crippen molar-refractivity contribution in [2.24, 2.45) is 0 Å². The summed E-state index contributed by atoms with van der Waals surface area (Å²) in [7, 11) is 2.98. The fourth-order valence-electron chi connectivity index (χ4n) is 1.76. The zero-order valence-electron chi connectivity index (χ0n) is 11.0. The third-order valence-corrected chi connectivity index (χ3v) is 2.67. The normalized spacial score (nSPS) is 10.1. The van der Waals surface area contributed by atoms with Gasteiger partial charge in [-0.15, -0.1) is 0 Å². The van der Waals surface area contributed by atoms with E-state index in [9.17, 15) is 4.79 Å². The smallest absolute Gasteiger partial charge is 0.243 e. The summed E-state index contributed by atoms with van der Waals surface area (Å²) in [5.41, 5.74) is 1.59. The monoisotopic (exact) mass is 258 g/mol. The Morgan fingerprint density at radius 2 is 1.84 bits per heavy atom. The molecule has 19 heavy (non-hydrogen) atoms. The highest BCUT2D eigenvalue weighted by Crippen LogP contribution is 2.24. The van der Waals surface area contributed by atoms with Crippen molar-refractivity contribution in [3.8, 4) is 11.6 Å². The minimum absolute atomic E-state index is 0.175. The lowest BCUT2D eigenvalue weighted by Crippen LogP contribution is -2.09. The molecule has 0 spiro atoms. The van der Waals surface area contributed by atoms with Gasteiger partial charge in [0.15, 0.2) is 5.69 Å². The van der Waals surface area contributed by atoms with Gasteiger partial charge in [-0.3, -0.25) is 4.79 Å². The highest BCUT2D eigenvalue weighted by molar-refractivity contribution is 6.10. The second kappa shape index (κ2) is 5.48. The topological polar surface area (TPSA) is 61.3 Å². The highest BCUT2D eigenvalue weighted by atomic mass is 16.5. The summed E-state index contributed by atoms with van der Waals surface area (Å²) in [5.74, 6) is 0.435. The molecule has 0 bridgehead atoms. The zero-order valence-corrected chi connectivity index (χ0v) is 11.0. The van der Waals surface area contributed by atoms with E-state index in [2.05, 4.69) is 9.97 Å². The number of aromatic nitrogens is 2. The maximum atomic E-state index is 12.5. The van der Waals surface area contributed by atoms with Crippen molar-refractivity contribution in [3.05, 3.63) is 47.4 Å². The Balaban J connectivity index is 2.52. The molecule has 0 N–H and O–H groups in total. The van der Waals surface area contributed by atoms with E-state index in [0.29, 0.717) is 11.3 Å². The van der Waals surface area contributed by atoms with Gasteiger partial charge in [0.25, 0.3) is 0 Å². The summed E-state index contributed by atoms with van der Waals surface area (Å²) >= 11 is 0. The maximum absolute atomic E-state index is 12.5. The van der Waals surface area contributed by atoms with Crippen LogP contribution in [0.3, 0.4) is 0 Å². The van der Waals surface area contributed by atoms with Crippen LogP contribution in [0.5, 0.6) is 11.6 Å². The third kappa shape index (κ3) is 2.54. The Hall–Kier alpha value is -2.43. The summed E-state index contributed by atoms with van der Waals surface area (Å²) in [5, 5.41) is 0. The number of ether oxygens (including phenoxy) is 2. The Morgan fingerprint density at radius 3 is 2.53 bits per heavy atom. The number of nitrogens with zero attached hydrogens (tertiary/aromatic N) is 2. The fourth-order valence-corrected chi connectivity index (χ4v) is 1.76. The quantitative estimate of drug-likeness (QED) is 0.785. The van der Waals surface area contributed by atoms with Gasteiger partial charge in [-0.25, -0.2) is 9.97 Å². The molecule has 98 valence electrons. The molecule has 0 aliphatic carbocycles. The first-order valence-corrected chi connectivity index (χ1v) is 5.71. The number of benzene rings is 1. The number of carbonyl (C=O) groups excluding carboxylic acids is 1. The van der Waals surface area contributed by atoms with E-state index in [-0.39, 0.29) is 17.4 Å². The largest absolute Gasteiger partial charge is 0.496 e. The average Bonchev–Trinajstić information content (AvgIpc) is 2.46. The molecule has 2 rings (SSSR count). The number of carbonyl (C=O) groups is 1. The summed E-state index contributed by atoms with van der Waals surface area (Å²) in [6.07, 6.45) is 2.93. The van der Waals surface area contributed by atoms with Crippen LogP contribution in [0.2, 0.25) is 0 Å². The van der Waals surface area contributed by atoms with E-state index >= 15 is 0 Å². The molecule has 1 aromatic carbocycles. The van der Waals surface area contributed by atoms with E-state index in [1.807, 2.05) is 13.0 Å². The molecule has 5 heteroatoms. The van der Waals surface area contributed by atoms with E-state index < -0.39 is 0 Å². The van der Waals surface area contributed by atoms with Crippen molar-refractivity contribution in [1.82, 2.24) is 9.97 Å². The molecule has 5 nitrogen and oxygen atoms in total. The maximum Gasteiger partial charge on any atom is 0.243 e. The molecule has 0 aliphatic rings. The van der Waals surface area contributed by atoms with Gasteiger partial charge >= 0.3 is 0 Å². The zero-order chi connectivity index (χ0) is 13.8. The van der Waals surface area contributed by atoms with Crippen LogP contribution in [-0.2, 0) is 0 Å². The minimum atomic E-state index is -0.273. The first-order valence-electron chi connectivity index (χ1n) is 5.71. The van der Waals surface area contributed by atoms with Crippen LogP contribution in [-0.4, -0.2) is 30.0 Å².